The van der Waals surface area contributed by atoms with Gasteiger partial charge in [-0.05, 0) is 87.1 Å². The van der Waals surface area contributed by atoms with Crippen LogP contribution in [0.25, 0.3) is 32.7 Å². The van der Waals surface area contributed by atoms with E-state index in [-0.39, 0.29) is 48.4 Å². The fraction of sp³-hybridized carbons (Fsp3) is 0.455. The lowest BCUT2D eigenvalue weighted by molar-refractivity contribution is -0.124. The second kappa shape index (κ2) is 18.5. The minimum absolute atomic E-state index is 0.116. The highest BCUT2D eigenvalue weighted by Crippen LogP contribution is 2.50. The lowest BCUT2D eigenvalue weighted by atomic mass is 9.98. The number of esters is 2. The van der Waals surface area contributed by atoms with Gasteiger partial charge in [0, 0.05) is 13.1 Å². The molecule has 0 radical (unpaired) electrons. The third-order valence-electron chi connectivity index (χ3n) is 10.5. The average molecular weight is 801 g/mol. The Morgan fingerprint density at radius 2 is 0.982 bits per heavy atom. The van der Waals surface area contributed by atoms with Crippen molar-refractivity contribution < 1.29 is 37.5 Å². The number of unbranched alkanes of at least 4 members (excludes halogenated alkanes) is 2. The summed E-state index contributed by atoms with van der Waals surface area (Å²) in [4.78, 5) is 61.6. The Morgan fingerprint density at radius 3 is 1.34 bits per heavy atom. The maximum absolute atomic E-state index is 15.0. The largest absolute Gasteiger partial charge is 0.460 e. The zero-order valence-electron chi connectivity index (χ0n) is 33.2. The van der Waals surface area contributed by atoms with Gasteiger partial charge in [-0.15, -0.1) is 22.7 Å². The molecule has 56 heavy (non-hydrogen) atoms. The quantitative estimate of drug-likeness (QED) is 0.0811. The zero-order chi connectivity index (χ0) is 39.9. The third kappa shape index (κ3) is 8.37. The predicted octanol–water partition coefficient (Wildman–Crippen LogP) is 10.9. The molecule has 298 valence electrons. The van der Waals surface area contributed by atoms with E-state index in [1.165, 1.54) is 22.7 Å². The SMILES string of the molecule is CCCCC(CC)CN1C(=O)C2=C(c3ccc(-c4ccc(C(=O)OCC)o4)s3)N(CC(CC)CCCC)C(=O)C2=C1c1ccc(-c2ccc(C(=O)OCC)o2)s1. The molecule has 0 fully saturated rings. The average Bonchev–Trinajstić information content (AvgIpc) is 4.06. The van der Waals surface area contributed by atoms with E-state index < -0.39 is 11.9 Å². The first-order chi connectivity index (χ1) is 27.2. The van der Waals surface area contributed by atoms with Crippen LogP contribution in [0.3, 0.4) is 0 Å². The summed E-state index contributed by atoms with van der Waals surface area (Å²) in [5.41, 5.74) is 2.11. The molecular weight excluding hydrogens is 749 g/mol. The van der Waals surface area contributed by atoms with Gasteiger partial charge in [0.05, 0.1) is 55.3 Å². The zero-order valence-corrected chi connectivity index (χ0v) is 34.9. The Hall–Kier alpha value is -4.68. The molecule has 2 aliphatic rings. The molecule has 6 rings (SSSR count). The summed E-state index contributed by atoms with van der Waals surface area (Å²) < 4.78 is 22.1. The molecule has 4 aromatic rings. The van der Waals surface area contributed by atoms with E-state index in [1.54, 1.807) is 38.1 Å². The number of rotatable bonds is 20. The minimum Gasteiger partial charge on any atom is -0.460 e. The standard InChI is InChI=1S/C44H52N2O8S2/c1-7-13-15-27(9-3)25-45-39(35-23-21-33(55-35)29-17-19-31(53-29)43(49)51-11-5)37-38(41(45)47)40(46(42(37)48)26-28(10-4)16-14-8-2)36-24-22-34(56-36)30-18-20-32(54-30)44(50)52-12-6/h17-24,27-28H,7-16,25-26H2,1-6H3. The first-order valence-corrected chi connectivity index (χ1v) is 21.7. The highest BCUT2D eigenvalue weighted by atomic mass is 32.1. The van der Waals surface area contributed by atoms with E-state index in [2.05, 4.69) is 27.7 Å². The summed E-state index contributed by atoms with van der Waals surface area (Å²) in [6, 6.07) is 14.4. The highest BCUT2D eigenvalue weighted by Gasteiger charge is 2.50. The van der Waals surface area contributed by atoms with Crippen molar-refractivity contribution in [1.29, 1.82) is 0 Å². The van der Waals surface area contributed by atoms with Gasteiger partial charge in [0.1, 0.15) is 11.5 Å². The van der Waals surface area contributed by atoms with Crippen LogP contribution in [-0.4, -0.2) is 59.9 Å². The fourth-order valence-corrected chi connectivity index (χ4v) is 9.42. The highest BCUT2D eigenvalue weighted by molar-refractivity contribution is 7.17. The smallest absolute Gasteiger partial charge is 0.374 e. The van der Waals surface area contributed by atoms with Crippen LogP contribution in [0.4, 0.5) is 0 Å². The lowest BCUT2D eigenvalue weighted by Gasteiger charge is -2.29. The van der Waals surface area contributed by atoms with Gasteiger partial charge in [-0.25, -0.2) is 9.59 Å². The van der Waals surface area contributed by atoms with Crippen molar-refractivity contribution in [3.8, 4) is 21.3 Å². The van der Waals surface area contributed by atoms with Gasteiger partial charge in [0.2, 0.25) is 11.5 Å². The first-order valence-electron chi connectivity index (χ1n) is 20.0. The summed E-state index contributed by atoms with van der Waals surface area (Å²) in [5.74, 6) is 0.338. The van der Waals surface area contributed by atoms with Gasteiger partial charge in [-0.3, -0.25) is 9.59 Å². The van der Waals surface area contributed by atoms with Crippen LogP contribution in [-0.2, 0) is 19.1 Å². The Bertz CT molecular complexity index is 1960. The molecule has 0 saturated heterocycles. The molecule has 0 saturated carbocycles. The number of amides is 2. The third-order valence-corrected chi connectivity index (χ3v) is 12.7. The van der Waals surface area contributed by atoms with Crippen LogP contribution in [0.15, 0.2) is 68.5 Å². The number of fused-ring (bicyclic) bond motifs is 1. The molecule has 4 aromatic heterocycles. The lowest BCUT2D eigenvalue weighted by Crippen LogP contribution is -2.34. The molecule has 0 aromatic carbocycles. The Kier molecular flexibility index (Phi) is 13.5. The monoisotopic (exact) mass is 800 g/mol. The number of carbonyl (C=O) groups is 4. The summed E-state index contributed by atoms with van der Waals surface area (Å²) in [6.07, 6.45) is 7.97. The molecule has 0 spiro atoms. The normalized spacial score (nSPS) is 15.3. The predicted molar refractivity (Wildman–Crippen MR) is 220 cm³/mol. The van der Waals surface area contributed by atoms with E-state index in [0.29, 0.717) is 47.2 Å². The molecule has 12 heteroatoms. The molecule has 2 unspecified atom stereocenters. The van der Waals surface area contributed by atoms with Crippen LogP contribution in [0, 0.1) is 11.8 Å². The number of hydrogen-bond donors (Lipinski definition) is 0. The fourth-order valence-electron chi connectivity index (χ4n) is 7.37. The number of thiophene rings is 2. The number of hydrogen-bond acceptors (Lipinski definition) is 10. The van der Waals surface area contributed by atoms with Crippen molar-refractivity contribution in [3.05, 3.63) is 81.0 Å². The van der Waals surface area contributed by atoms with Gasteiger partial charge < -0.3 is 28.1 Å². The summed E-state index contributed by atoms with van der Waals surface area (Å²) in [7, 11) is 0. The van der Waals surface area contributed by atoms with E-state index in [9.17, 15) is 9.59 Å². The van der Waals surface area contributed by atoms with Crippen LogP contribution >= 0.6 is 22.7 Å². The molecule has 10 nitrogen and oxygen atoms in total. The number of nitrogens with zero attached hydrogens (tertiary/aromatic N) is 2. The van der Waals surface area contributed by atoms with Crippen LogP contribution in [0.5, 0.6) is 0 Å². The van der Waals surface area contributed by atoms with Gasteiger partial charge in [-0.1, -0.05) is 66.2 Å². The molecule has 6 heterocycles. The molecule has 0 N–H and O–H groups in total. The molecule has 2 amide bonds. The van der Waals surface area contributed by atoms with Crippen molar-refractivity contribution in [2.75, 3.05) is 26.3 Å². The van der Waals surface area contributed by atoms with Gasteiger partial charge >= 0.3 is 11.9 Å². The van der Waals surface area contributed by atoms with E-state index in [4.69, 9.17) is 18.3 Å². The Labute approximate surface area is 337 Å². The maximum Gasteiger partial charge on any atom is 0.374 e. The second-order valence-electron chi connectivity index (χ2n) is 14.2. The summed E-state index contributed by atoms with van der Waals surface area (Å²) in [6.45, 7) is 13.6. The first kappa shape index (κ1) is 41.0. The second-order valence-corrected chi connectivity index (χ2v) is 16.4. The maximum atomic E-state index is 15.0. The van der Waals surface area contributed by atoms with Gasteiger partial charge in [-0.2, -0.15) is 0 Å². The van der Waals surface area contributed by atoms with Crippen LogP contribution < -0.4 is 0 Å². The minimum atomic E-state index is -0.530. The molecule has 0 bridgehead atoms. The van der Waals surface area contributed by atoms with Gasteiger partial charge in [0.15, 0.2) is 0 Å². The Morgan fingerprint density at radius 1 is 0.589 bits per heavy atom. The molecule has 2 aliphatic heterocycles. The van der Waals surface area contributed by atoms with E-state index in [0.717, 1.165) is 70.9 Å². The van der Waals surface area contributed by atoms with Crippen molar-refractivity contribution in [3.63, 3.8) is 0 Å². The van der Waals surface area contributed by atoms with Crippen molar-refractivity contribution >= 4 is 57.8 Å². The number of ether oxygens (including phenoxy) is 2. The topological polar surface area (TPSA) is 120 Å². The Balaban J connectivity index is 1.49. The van der Waals surface area contributed by atoms with Crippen LogP contribution in [0.1, 0.15) is 124 Å². The van der Waals surface area contributed by atoms with Crippen molar-refractivity contribution in [1.82, 2.24) is 9.80 Å². The van der Waals surface area contributed by atoms with Crippen molar-refractivity contribution in [2.24, 2.45) is 11.8 Å². The summed E-state index contributed by atoms with van der Waals surface area (Å²) >= 11 is 2.86. The van der Waals surface area contributed by atoms with E-state index in [1.807, 2.05) is 34.1 Å². The van der Waals surface area contributed by atoms with E-state index >= 15 is 9.59 Å². The summed E-state index contributed by atoms with van der Waals surface area (Å²) in [5, 5.41) is 0. The van der Waals surface area contributed by atoms with Crippen LogP contribution in [0.2, 0.25) is 0 Å². The molecule has 0 aliphatic carbocycles. The number of carbonyl (C=O) groups excluding carboxylic acids is 4. The molecule has 2 atom stereocenters. The number of furan rings is 2. The molecular formula is C44H52N2O8S2. The van der Waals surface area contributed by atoms with Gasteiger partial charge in [0.25, 0.3) is 11.8 Å². The van der Waals surface area contributed by atoms with Crippen molar-refractivity contribution in [2.45, 2.75) is 92.9 Å².